The molecule has 1 saturated heterocycles. The van der Waals surface area contributed by atoms with Gasteiger partial charge in [0.05, 0.1) is 11.5 Å². The predicted molar refractivity (Wildman–Crippen MR) is 77.8 cm³/mol. The van der Waals surface area contributed by atoms with Crippen molar-refractivity contribution in [3.8, 4) is 0 Å². The molecule has 1 aliphatic rings. The van der Waals surface area contributed by atoms with Crippen LogP contribution in [0.25, 0.3) is 0 Å². The number of aliphatic hydroxyl groups is 1. The quantitative estimate of drug-likeness (QED) is 0.615. The van der Waals surface area contributed by atoms with Gasteiger partial charge in [-0.05, 0) is 31.9 Å². The highest BCUT2D eigenvalue weighted by Gasteiger charge is 2.26. The molecule has 0 amide bonds. The van der Waals surface area contributed by atoms with Crippen molar-refractivity contribution in [1.82, 2.24) is 4.90 Å². The Kier molecular flexibility index (Phi) is 4.92. The lowest BCUT2D eigenvalue weighted by atomic mass is 10.1. The number of nitrogens with one attached hydrogen (secondary N) is 1. The molecule has 1 aromatic rings. The van der Waals surface area contributed by atoms with Crippen LogP contribution < -0.4 is 5.32 Å². The number of aliphatic hydroxyl groups excluding tert-OH is 1. The lowest BCUT2D eigenvalue weighted by Gasteiger charge is -2.24. The summed E-state index contributed by atoms with van der Waals surface area (Å²) < 4.78 is 0. The minimum absolute atomic E-state index is 0.115. The van der Waals surface area contributed by atoms with Crippen molar-refractivity contribution in [3.63, 3.8) is 0 Å². The van der Waals surface area contributed by atoms with Crippen molar-refractivity contribution in [3.05, 3.63) is 33.9 Å². The van der Waals surface area contributed by atoms with Gasteiger partial charge in [0.2, 0.25) is 0 Å². The van der Waals surface area contributed by atoms with Gasteiger partial charge in [0.1, 0.15) is 5.69 Å². The van der Waals surface area contributed by atoms with E-state index in [0.29, 0.717) is 18.8 Å². The van der Waals surface area contributed by atoms with Crippen molar-refractivity contribution >= 4 is 11.4 Å². The van der Waals surface area contributed by atoms with E-state index in [1.165, 1.54) is 6.07 Å². The van der Waals surface area contributed by atoms with Crippen LogP contribution in [-0.2, 0) is 6.54 Å². The number of benzene rings is 1. The van der Waals surface area contributed by atoms with Crippen LogP contribution in [-0.4, -0.2) is 40.7 Å². The van der Waals surface area contributed by atoms with Gasteiger partial charge in [0.15, 0.2) is 0 Å². The Morgan fingerprint density at radius 1 is 1.55 bits per heavy atom. The van der Waals surface area contributed by atoms with Crippen LogP contribution in [0, 0.1) is 10.1 Å². The van der Waals surface area contributed by atoms with E-state index in [-0.39, 0.29) is 23.3 Å². The maximum atomic E-state index is 11.1. The van der Waals surface area contributed by atoms with E-state index in [0.717, 1.165) is 24.9 Å². The Bertz CT molecular complexity index is 479. The van der Waals surface area contributed by atoms with Crippen LogP contribution in [0.1, 0.15) is 25.3 Å². The number of nitro benzene ring substituents is 1. The van der Waals surface area contributed by atoms with Crippen molar-refractivity contribution in [1.29, 1.82) is 0 Å². The molecule has 1 aliphatic heterocycles. The fourth-order valence-electron chi connectivity index (χ4n) is 2.78. The molecular formula is C14H21N3O3. The highest BCUT2D eigenvalue weighted by molar-refractivity contribution is 5.66. The zero-order chi connectivity index (χ0) is 14.5. The number of nitro groups is 1. The predicted octanol–water partition coefficient (Wildman–Crippen LogP) is 1.98. The second-order valence-electron chi connectivity index (χ2n) is 5.05. The van der Waals surface area contributed by atoms with Crippen LogP contribution in [0.15, 0.2) is 18.2 Å². The molecule has 1 heterocycles. The van der Waals surface area contributed by atoms with Gasteiger partial charge in [-0.2, -0.15) is 0 Å². The van der Waals surface area contributed by atoms with E-state index in [1.807, 2.05) is 13.0 Å². The first-order valence-electron chi connectivity index (χ1n) is 7.02. The molecule has 1 unspecified atom stereocenters. The largest absolute Gasteiger partial charge is 0.395 e. The van der Waals surface area contributed by atoms with Crippen molar-refractivity contribution in [2.45, 2.75) is 32.4 Å². The molecule has 0 bridgehead atoms. The minimum atomic E-state index is -0.352. The smallest absolute Gasteiger partial charge is 0.292 e. The highest BCUT2D eigenvalue weighted by Crippen LogP contribution is 2.30. The normalized spacial score (nSPS) is 19.2. The second kappa shape index (κ2) is 6.67. The Balaban J connectivity index is 2.26. The molecule has 20 heavy (non-hydrogen) atoms. The minimum Gasteiger partial charge on any atom is -0.395 e. The second-order valence-corrected chi connectivity index (χ2v) is 5.05. The van der Waals surface area contributed by atoms with Crippen LogP contribution in [0.2, 0.25) is 0 Å². The summed E-state index contributed by atoms with van der Waals surface area (Å²) in [5.41, 5.74) is 1.63. The standard InChI is InChI=1S/C14H21N3O3/c1-2-15-14-11(5-3-7-13(14)17(19)20)9-16-8-4-6-12(16)10-18/h3,5,7,12,15,18H,2,4,6,8-10H2,1H3. The zero-order valence-corrected chi connectivity index (χ0v) is 11.7. The van der Waals surface area contributed by atoms with Gasteiger partial charge in [-0.15, -0.1) is 0 Å². The molecule has 0 saturated carbocycles. The van der Waals surface area contributed by atoms with Crippen molar-refractivity contribution < 1.29 is 10.0 Å². The number of para-hydroxylation sites is 1. The number of hydrogen-bond acceptors (Lipinski definition) is 5. The summed E-state index contributed by atoms with van der Waals surface area (Å²) in [6.45, 7) is 4.27. The fourth-order valence-corrected chi connectivity index (χ4v) is 2.78. The number of nitrogens with zero attached hydrogens (tertiary/aromatic N) is 2. The average Bonchev–Trinajstić information content (AvgIpc) is 2.88. The number of hydrogen-bond donors (Lipinski definition) is 2. The van der Waals surface area contributed by atoms with Crippen LogP contribution in [0.4, 0.5) is 11.4 Å². The van der Waals surface area contributed by atoms with E-state index >= 15 is 0 Å². The van der Waals surface area contributed by atoms with E-state index < -0.39 is 0 Å². The summed E-state index contributed by atoms with van der Waals surface area (Å²) in [4.78, 5) is 13.0. The van der Waals surface area contributed by atoms with Gasteiger partial charge < -0.3 is 10.4 Å². The van der Waals surface area contributed by atoms with E-state index in [2.05, 4.69) is 10.2 Å². The molecule has 6 heteroatoms. The average molecular weight is 279 g/mol. The lowest BCUT2D eigenvalue weighted by molar-refractivity contribution is -0.384. The van der Waals surface area contributed by atoms with Crippen molar-refractivity contribution in [2.75, 3.05) is 25.0 Å². The topological polar surface area (TPSA) is 78.6 Å². The van der Waals surface area contributed by atoms with Crippen LogP contribution in [0.5, 0.6) is 0 Å². The first kappa shape index (κ1) is 14.7. The van der Waals surface area contributed by atoms with Gasteiger partial charge in [-0.1, -0.05) is 12.1 Å². The third-order valence-electron chi connectivity index (χ3n) is 3.76. The molecule has 0 aromatic heterocycles. The molecular weight excluding hydrogens is 258 g/mol. The van der Waals surface area contributed by atoms with Gasteiger partial charge in [-0.3, -0.25) is 15.0 Å². The molecule has 2 N–H and O–H groups in total. The molecule has 0 radical (unpaired) electrons. The Morgan fingerprint density at radius 2 is 2.35 bits per heavy atom. The third kappa shape index (κ3) is 3.08. The summed E-state index contributed by atoms with van der Waals surface area (Å²) in [6.07, 6.45) is 2.05. The maximum Gasteiger partial charge on any atom is 0.292 e. The summed E-state index contributed by atoms with van der Waals surface area (Å²) >= 11 is 0. The van der Waals surface area contributed by atoms with Gasteiger partial charge in [0, 0.05) is 25.2 Å². The molecule has 1 fully saturated rings. The molecule has 1 atom stereocenters. The van der Waals surface area contributed by atoms with E-state index in [1.54, 1.807) is 6.07 Å². The maximum absolute atomic E-state index is 11.1. The number of anilines is 1. The Morgan fingerprint density at radius 3 is 3.00 bits per heavy atom. The lowest BCUT2D eigenvalue weighted by Crippen LogP contribution is -2.31. The zero-order valence-electron chi connectivity index (χ0n) is 11.7. The van der Waals surface area contributed by atoms with Crippen LogP contribution in [0.3, 0.4) is 0 Å². The molecule has 6 nitrogen and oxygen atoms in total. The number of rotatable bonds is 6. The number of likely N-dealkylation sites (tertiary alicyclic amines) is 1. The van der Waals surface area contributed by atoms with Crippen molar-refractivity contribution in [2.24, 2.45) is 0 Å². The molecule has 2 rings (SSSR count). The molecule has 0 aliphatic carbocycles. The SMILES string of the molecule is CCNc1c(CN2CCCC2CO)cccc1[N+](=O)[O-]. The first-order valence-corrected chi connectivity index (χ1v) is 7.02. The monoisotopic (exact) mass is 279 g/mol. The molecule has 0 spiro atoms. The van der Waals surface area contributed by atoms with Gasteiger partial charge in [0.25, 0.3) is 5.69 Å². The summed E-state index contributed by atoms with van der Waals surface area (Å²) in [5, 5.41) is 23.6. The summed E-state index contributed by atoms with van der Waals surface area (Å²) in [7, 11) is 0. The highest BCUT2D eigenvalue weighted by atomic mass is 16.6. The third-order valence-corrected chi connectivity index (χ3v) is 3.76. The first-order chi connectivity index (χ1) is 9.67. The summed E-state index contributed by atoms with van der Waals surface area (Å²) in [6, 6.07) is 5.33. The van der Waals surface area contributed by atoms with Crippen LogP contribution >= 0.6 is 0 Å². The Labute approximate surface area is 118 Å². The van der Waals surface area contributed by atoms with E-state index in [9.17, 15) is 15.2 Å². The molecule has 1 aromatic carbocycles. The fraction of sp³-hybridized carbons (Fsp3) is 0.571. The van der Waals surface area contributed by atoms with Gasteiger partial charge in [-0.25, -0.2) is 0 Å². The van der Waals surface area contributed by atoms with Gasteiger partial charge >= 0.3 is 0 Å². The Hall–Kier alpha value is -1.66. The van der Waals surface area contributed by atoms with E-state index in [4.69, 9.17) is 0 Å². The molecule has 110 valence electrons. The summed E-state index contributed by atoms with van der Waals surface area (Å²) in [5.74, 6) is 0.